The fourth-order valence-corrected chi connectivity index (χ4v) is 2.58. The predicted octanol–water partition coefficient (Wildman–Crippen LogP) is 2.43. The zero-order chi connectivity index (χ0) is 14.7. The van der Waals surface area contributed by atoms with E-state index < -0.39 is 0 Å². The number of likely N-dealkylation sites (tertiary alicyclic amines) is 1. The van der Waals surface area contributed by atoms with Crippen molar-refractivity contribution in [3.63, 3.8) is 0 Å². The van der Waals surface area contributed by atoms with E-state index in [-0.39, 0.29) is 11.9 Å². The predicted molar refractivity (Wildman–Crippen MR) is 73.8 cm³/mol. The van der Waals surface area contributed by atoms with Crippen molar-refractivity contribution in [3.05, 3.63) is 35.9 Å². The highest BCUT2D eigenvalue weighted by Gasteiger charge is 2.23. The number of hydrogen-bond donors (Lipinski definition) is 0. The zero-order valence-electron chi connectivity index (χ0n) is 11.5. The summed E-state index contributed by atoms with van der Waals surface area (Å²) in [6.45, 7) is 1.36. The average molecular weight is 289 g/mol. The van der Waals surface area contributed by atoms with Gasteiger partial charge in [-0.3, -0.25) is 4.90 Å². The van der Waals surface area contributed by atoms with Crippen molar-refractivity contribution in [3.8, 4) is 11.5 Å². The number of piperidine rings is 1. The highest BCUT2D eigenvalue weighted by molar-refractivity contribution is 5.57. The molecule has 1 aliphatic heterocycles. The first-order chi connectivity index (χ1) is 10.3. The molecule has 0 spiro atoms. The van der Waals surface area contributed by atoms with Crippen LogP contribution in [0.25, 0.3) is 11.5 Å². The molecule has 3 rings (SSSR count). The van der Waals surface area contributed by atoms with E-state index >= 15 is 0 Å². The Hall–Kier alpha value is -2.08. The number of benzene rings is 1. The molecule has 0 amide bonds. The van der Waals surface area contributed by atoms with Crippen LogP contribution in [0.3, 0.4) is 0 Å². The molecule has 0 aliphatic carbocycles. The van der Waals surface area contributed by atoms with Crippen LogP contribution >= 0.6 is 0 Å². The van der Waals surface area contributed by atoms with Gasteiger partial charge in [-0.25, -0.2) is 4.39 Å². The molecule has 0 bridgehead atoms. The van der Waals surface area contributed by atoms with Crippen LogP contribution in [0.1, 0.15) is 25.1 Å². The van der Waals surface area contributed by atoms with Gasteiger partial charge in [0.25, 0.3) is 5.89 Å². The normalized spacial score (nSPS) is 19.6. The van der Waals surface area contributed by atoms with Gasteiger partial charge in [-0.1, -0.05) is 11.6 Å². The SMILES string of the molecule is O=CC1CCCCN1Cc1noc(-c2ccc(F)cc2)n1. The van der Waals surface area contributed by atoms with E-state index in [0.717, 1.165) is 32.1 Å². The Bertz CT molecular complexity index is 612. The van der Waals surface area contributed by atoms with Gasteiger partial charge in [-0.15, -0.1) is 0 Å². The van der Waals surface area contributed by atoms with Gasteiger partial charge >= 0.3 is 0 Å². The van der Waals surface area contributed by atoms with Crippen LogP contribution in [0.4, 0.5) is 4.39 Å². The zero-order valence-corrected chi connectivity index (χ0v) is 11.5. The Morgan fingerprint density at radius 2 is 2.14 bits per heavy atom. The lowest BCUT2D eigenvalue weighted by molar-refractivity contribution is -0.113. The number of hydrogen-bond acceptors (Lipinski definition) is 5. The highest BCUT2D eigenvalue weighted by Crippen LogP contribution is 2.20. The first-order valence-electron chi connectivity index (χ1n) is 7.04. The summed E-state index contributed by atoms with van der Waals surface area (Å²) in [5, 5.41) is 3.94. The molecule has 1 saturated heterocycles. The molecule has 6 heteroatoms. The topological polar surface area (TPSA) is 59.2 Å². The number of carbonyl (C=O) groups excluding carboxylic acids is 1. The third-order valence-electron chi connectivity index (χ3n) is 3.73. The van der Waals surface area contributed by atoms with Crippen LogP contribution < -0.4 is 0 Å². The molecule has 0 saturated carbocycles. The molecule has 2 aromatic rings. The lowest BCUT2D eigenvalue weighted by Crippen LogP contribution is -2.40. The van der Waals surface area contributed by atoms with E-state index in [0.29, 0.717) is 23.8 Å². The van der Waals surface area contributed by atoms with Gasteiger partial charge in [-0.2, -0.15) is 4.98 Å². The molecule has 1 unspecified atom stereocenters. The van der Waals surface area contributed by atoms with Gasteiger partial charge in [0.1, 0.15) is 12.1 Å². The van der Waals surface area contributed by atoms with Crippen LogP contribution in [0.15, 0.2) is 28.8 Å². The molecular weight excluding hydrogens is 273 g/mol. The van der Waals surface area contributed by atoms with Crippen molar-refractivity contribution in [1.29, 1.82) is 0 Å². The summed E-state index contributed by atoms with van der Waals surface area (Å²) in [7, 11) is 0. The Labute approximate surface area is 121 Å². The molecule has 2 heterocycles. The molecule has 1 fully saturated rings. The molecule has 0 radical (unpaired) electrons. The van der Waals surface area contributed by atoms with Gasteiger partial charge < -0.3 is 9.32 Å². The fourth-order valence-electron chi connectivity index (χ4n) is 2.58. The van der Waals surface area contributed by atoms with Gasteiger partial charge in [0, 0.05) is 5.56 Å². The molecule has 1 aromatic heterocycles. The van der Waals surface area contributed by atoms with Crippen molar-refractivity contribution in [2.45, 2.75) is 31.8 Å². The second-order valence-electron chi connectivity index (χ2n) is 5.19. The van der Waals surface area contributed by atoms with Crippen LogP contribution in [-0.2, 0) is 11.3 Å². The maximum atomic E-state index is 12.9. The van der Waals surface area contributed by atoms with Crippen molar-refractivity contribution in [2.24, 2.45) is 0 Å². The van der Waals surface area contributed by atoms with Crippen molar-refractivity contribution >= 4 is 6.29 Å². The van der Waals surface area contributed by atoms with Gasteiger partial charge in [0.2, 0.25) is 0 Å². The second kappa shape index (κ2) is 6.13. The summed E-state index contributed by atoms with van der Waals surface area (Å²) in [5.41, 5.74) is 0.681. The van der Waals surface area contributed by atoms with Gasteiger partial charge in [0.05, 0.1) is 12.6 Å². The largest absolute Gasteiger partial charge is 0.334 e. The Balaban J connectivity index is 1.72. The minimum atomic E-state index is -0.305. The molecular formula is C15H16FN3O2. The molecule has 1 aromatic carbocycles. The van der Waals surface area contributed by atoms with Crippen LogP contribution in [0.2, 0.25) is 0 Å². The molecule has 110 valence electrons. The van der Waals surface area contributed by atoms with Crippen molar-refractivity contribution in [2.75, 3.05) is 6.54 Å². The minimum absolute atomic E-state index is 0.0634. The summed E-state index contributed by atoms with van der Waals surface area (Å²) in [6.07, 6.45) is 4.02. The van der Waals surface area contributed by atoms with Crippen LogP contribution in [0, 0.1) is 5.82 Å². The average Bonchev–Trinajstić information content (AvgIpc) is 2.97. The summed E-state index contributed by atoms with van der Waals surface area (Å²) < 4.78 is 18.1. The van der Waals surface area contributed by atoms with E-state index in [4.69, 9.17) is 4.52 Å². The number of nitrogens with zero attached hydrogens (tertiary/aromatic N) is 3. The number of halogens is 1. The number of rotatable bonds is 4. The van der Waals surface area contributed by atoms with E-state index in [2.05, 4.69) is 15.0 Å². The second-order valence-corrected chi connectivity index (χ2v) is 5.19. The fraction of sp³-hybridized carbons (Fsp3) is 0.400. The first-order valence-corrected chi connectivity index (χ1v) is 7.04. The minimum Gasteiger partial charge on any atom is -0.334 e. The number of aromatic nitrogens is 2. The lowest BCUT2D eigenvalue weighted by Gasteiger charge is -2.30. The summed E-state index contributed by atoms with van der Waals surface area (Å²) in [6, 6.07) is 5.84. The quantitative estimate of drug-likeness (QED) is 0.809. The third-order valence-corrected chi connectivity index (χ3v) is 3.73. The van der Waals surface area contributed by atoms with E-state index in [9.17, 15) is 9.18 Å². The van der Waals surface area contributed by atoms with E-state index in [1.807, 2.05) is 0 Å². The molecule has 5 nitrogen and oxygen atoms in total. The third kappa shape index (κ3) is 3.16. The Morgan fingerprint density at radius 3 is 2.90 bits per heavy atom. The maximum absolute atomic E-state index is 12.9. The monoisotopic (exact) mass is 289 g/mol. The first kappa shape index (κ1) is 13.9. The lowest BCUT2D eigenvalue weighted by atomic mass is 10.0. The standard InChI is InChI=1S/C15H16FN3O2/c16-12-6-4-11(5-7-12)15-17-14(18-21-15)9-19-8-2-1-3-13(19)10-20/h4-7,10,13H,1-3,8-9H2. The Morgan fingerprint density at radius 1 is 1.33 bits per heavy atom. The summed E-state index contributed by atoms with van der Waals surface area (Å²) >= 11 is 0. The molecule has 21 heavy (non-hydrogen) atoms. The molecule has 1 aliphatic rings. The van der Waals surface area contributed by atoms with Gasteiger partial charge in [-0.05, 0) is 43.7 Å². The van der Waals surface area contributed by atoms with Gasteiger partial charge in [0.15, 0.2) is 5.82 Å². The number of carbonyl (C=O) groups is 1. The number of aldehydes is 1. The molecule has 1 atom stereocenters. The molecule has 0 N–H and O–H groups in total. The van der Waals surface area contributed by atoms with Crippen molar-refractivity contribution in [1.82, 2.24) is 15.0 Å². The van der Waals surface area contributed by atoms with Crippen LogP contribution in [0.5, 0.6) is 0 Å². The maximum Gasteiger partial charge on any atom is 0.257 e. The summed E-state index contributed by atoms with van der Waals surface area (Å²) in [4.78, 5) is 17.5. The summed E-state index contributed by atoms with van der Waals surface area (Å²) in [5.74, 6) is 0.605. The smallest absolute Gasteiger partial charge is 0.257 e. The Kier molecular flexibility index (Phi) is 4.06. The van der Waals surface area contributed by atoms with E-state index in [1.165, 1.54) is 12.1 Å². The highest BCUT2D eigenvalue weighted by atomic mass is 19.1. The van der Waals surface area contributed by atoms with E-state index in [1.54, 1.807) is 12.1 Å². The van der Waals surface area contributed by atoms with Crippen molar-refractivity contribution < 1.29 is 13.7 Å². The van der Waals surface area contributed by atoms with Crippen LogP contribution in [-0.4, -0.2) is 33.9 Å².